The molecule has 2 amide bonds. The van der Waals surface area contributed by atoms with Crippen molar-refractivity contribution in [3.8, 4) is 0 Å². The van der Waals surface area contributed by atoms with E-state index in [1.165, 1.54) is 13.0 Å². The Morgan fingerprint density at radius 1 is 1.38 bits per heavy atom. The number of likely N-dealkylation sites (tertiary alicyclic amines) is 1. The number of benzene rings is 1. The van der Waals surface area contributed by atoms with Crippen LogP contribution in [-0.2, 0) is 0 Å². The van der Waals surface area contributed by atoms with Gasteiger partial charge in [0.25, 0.3) is 0 Å². The molecule has 0 radical (unpaired) electrons. The molecule has 1 aromatic carbocycles. The Balaban J connectivity index is 1.78. The highest BCUT2D eigenvalue weighted by atomic mass is 35.5. The predicted molar refractivity (Wildman–Crippen MR) is 87.2 cm³/mol. The number of hydrogen-bond acceptors (Lipinski definition) is 1. The molecule has 0 saturated carbocycles. The maximum Gasteiger partial charge on any atom is 0.319 e. The number of hydrogen-bond donors (Lipinski definition) is 3. The lowest BCUT2D eigenvalue weighted by Gasteiger charge is -2.29. The third kappa shape index (κ3) is 4.90. The minimum absolute atomic E-state index is 0.140. The Morgan fingerprint density at radius 3 is 2.71 bits per heavy atom. The molecule has 0 aliphatic carbocycles. The van der Waals surface area contributed by atoms with E-state index in [1.807, 2.05) is 19.1 Å². The van der Waals surface area contributed by atoms with E-state index in [1.54, 1.807) is 11.0 Å². The number of anilines is 1. The van der Waals surface area contributed by atoms with E-state index in [0.29, 0.717) is 5.02 Å². The van der Waals surface area contributed by atoms with Crippen LogP contribution in [0.3, 0.4) is 0 Å². The molecule has 0 aromatic heterocycles. The van der Waals surface area contributed by atoms with E-state index in [9.17, 15) is 4.79 Å². The summed E-state index contributed by atoms with van der Waals surface area (Å²) >= 11 is 6.06. The molecular formula is C16H25ClN3O+. The summed E-state index contributed by atoms with van der Waals surface area (Å²) in [7, 11) is 0. The van der Waals surface area contributed by atoms with Crippen LogP contribution in [0.15, 0.2) is 18.2 Å². The standard InChI is InChI=1S/C16H24ClN3O/c1-3-8-20-9-6-13(7-10-20)18-16(21)19-14-5-4-12(2)15(17)11-14/h4-5,11,13H,3,6-10H2,1-2H3,(H2,18,19,21)/p+1. The zero-order chi connectivity index (χ0) is 15.2. The number of aryl methyl sites for hydroxylation is 1. The van der Waals surface area contributed by atoms with Gasteiger partial charge in [0.1, 0.15) is 0 Å². The maximum atomic E-state index is 12.0. The van der Waals surface area contributed by atoms with Gasteiger partial charge in [-0.3, -0.25) is 0 Å². The predicted octanol–water partition coefficient (Wildman–Crippen LogP) is 2.23. The number of rotatable bonds is 4. The second-order valence-electron chi connectivity index (χ2n) is 5.84. The molecule has 0 atom stereocenters. The van der Waals surface area contributed by atoms with E-state index in [0.717, 1.165) is 37.2 Å². The fourth-order valence-electron chi connectivity index (χ4n) is 2.80. The minimum atomic E-state index is -0.140. The Morgan fingerprint density at radius 2 is 2.10 bits per heavy atom. The number of carbonyl (C=O) groups is 1. The average Bonchev–Trinajstić information content (AvgIpc) is 2.45. The van der Waals surface area contributed by atoms with Gasteiger partial charge in [0, 0.05) is 29.6 Å². The molecule has 21 heavy (non-hydrogen) atoms. The largest absolute Gasteiger partial charge is 0.335 e. The molecule has 0 spiro atoms. The minimum Gasteiger partial charge on any atom is -0.335 e. The van der Waals surface area contributed by atoms with Gasteiger partial charge in [-0.05, 0) is 31.0 Å². The first-order chi connectivity index (χ1) is 10.1. The quantitative estimate of drug-likeness (QED) is 0.784. The van der Waals surface area contributed by atoms with Gasteiger partial charge in [0.05, 0.1) is 19.6 Å². The Kier molecular flexibility index (Phi) is 5.88. The van der Waals surface area contributed by atoms with E-state index in [2.05, 4.69) is 17.6 Å². The molecule has 1 saturated heterocycles. The smallest absolute Gasteiger partial charge is 0.319 e. The summed E-state index contributed by atoms with van der Waals surface area (Å²) in [4.78, 5) is 13.7. The Bertz CT molecular complexity index is 484. The van der Waals surface area contributed by atoms with Crippen LogP contribution in [0.2, 0.25) is 5.02 Å². The van der Waals surface area contributed by atoms with Crippen LogP contribution in [0, 0.1) is 6.92 Å². The summed E-state index contributed by atoms with van der Waals surface area (Å²) in [5.74, 6) is 0. The third-order valence-electron chi connectivity index (χ3n) is 4.06. The molecule has 1 aliphatic rings. The molecule has 5 heteroatoms. The van der Waals surface area contributed by atoms with Crippen molar-refractivity contribution in [2.75, 3.05) is 25.0 Å². The molecule has 2 rings (SSSR count). The lowest BCUT2D eigenvalue weighted by Crippen LogP contribution is -3.13. The number of quaternary nitrogens is 1. The number of amides is 2. The van der Waals surface area contributed by atoms with Crippen LogP contribution in [0.1, 0.15) is 31.7 Å². The number of urea groups is 1. The lowest BCUT2D eigenvalue weighted by molar-refractivity contribution is -0.905. The van der Waals surface area contributed by atoms with Gasteiger partial charge in [0.2, 0.25) is 0 Å². The van der Waals surface area contributed by atoms with Crippen molar-refractivity contribution in [1.82, 2.24) is 5.32 Å². The van der Waals surface area contributed by atoms with E-state index < -0.39 is 0 Å². The molecular weight excluding hydrogens is 286 g/mol. The SMILES string of the molecule is CCC[NH+]1CCC(NC(=O)Nc2ccc(C)c(Cl)c2)CC1. The molecule has 1 fully saturated rings. The molecule has 1 aliphatic heterocycles. The van der Waals surface area contributed by atoms with Crippen LogP contribution >= 0.6 is 11.6 Å². The summed E-state index contributed by atoms with van der Waals surface area (Å²) in [5, 5.41) is 6.58. The zero-order valence-electron chi connectivity index (χ0n) is 12.8. The van der Waals surface area contributed by atoms with Gasteiger partial charge >= 0.3 is 6.03 Å². The molecule has 4 nitrogen and oxygen atoms in total. The normalized spacial score (nSPS) is 21.9. The van der Waals surface area contributed by atoms with Crippen molar-refractivity contribution in [3.05, 3.63) is 28.8 Å². The molecule has 0 unspecified atom stereocenters. The van der Waals surface area contributed by atoms with E-state index in [4.69, 9.17) is 11.6 Å². The summed E-state index contributed by atoms with van der Waals surface area (Å²) in [6.07, 6.45) is 3.33. The van der Waals surface area contributed by atoms with E-state index in [-0.39, 0.29) is 12.1 Å². The van der Waals surface area contributed by atoms with Crippen molar-refractivity contribution < 1.29 is 9.69 Å². The summed E-state index contributed by atoms with van der Waals surface area (Å²) < 4.78 is 0. The van der Waals surface area contributed by atoms with Gasteiger partial charge in [-0.2, -0.15) is 0 Å². The van der Waals surface area contributed by atoms with Crippen molar-refractivity contribution in [2.24, 2.45) is 0 Å². The monoisotopic (exact) mass is 310 g/mol. The summed E-state index contributed by atoms with van der Waals surface area (Å²) in [5.41, 5.74) is 1.74. The fourth-order valence-corrected chi connectivity index (χ4v) is 2.98. The van der Waals surface area contributed by atoms with Gasteiger partial charge < -0.3 is 15.5 Å². The van der Waals surface area contributed by atoms with Gasteiger partial charge in [-0.1, -0.05) is 24.6 Å². The van der Waals surface area contributed by atoms with Crippen molar-refractivity contribution in [3.63, 3.8) is 0 Å². The lowest BCUT2D eigenvalue weighted by atomic mass is 10.1. The zero-order valence-corrected chi connectivity index (χ0v) is 13.6. The van der Waals surface area contributed by atoms with Gasteiger partial charge in [-0.25, -0.2) is 4.79 Å². The second-order valence-corrected chi connectivity index (χ2v) is 6.24. The molecule has 1 aromatic rings. The van der Waals surface area contributed by atoms with Crippen LogP contribution < -0.4 is 15.5 Å². The molecule has 1 heterocycles. The highest BCUT2D eigenvalue weighted by molar-refractivity contribution is 6.31. The molecule has 0 bridgehead atoms. The summed E-state index contributed by atoms with van der Waals surface area (Å²) in [6, 6.07) is 5.70. The fraction of sp³-hybridized carbons (Fsp3) is 0.562. The van der Waals surface area contributed by atoms with Crippen molar-refractivity contribution >= 4 is 23.3 Å². The van der Waals surface area contributed by atoms with Gasteiger partial charge in [-0.15, -0.1) is 0 Å². The van der Waals surface area contributed by atoms with Crippen LogP contribution in [0.4, 0.5) is 10.5 Å². The second kappa shape index (κ2) is 7.66. The highest BCUT2D eigenvalue weighted by Crippen LogP contribution is 2.19. The number of nitrogens with one attached hydrogen (secondary N) is 3. The van der Waals surface area contributed by atoms with Gasteiger partial charge in [0.15, 0.2) is 0 Å². The first-order valence-electron chi connectivity index (χ1n) is 7.75. The number of halogens is 1. The van der Waals surface area contributed by atoms with Crippen molar-refractivity contribution in [2.45, 2.75) is 39.2 Å². The third-order valence-corrected chi connectivity index (χ3v) is 4.47. The molecule has 116 valence electrons. The maximum absolute atomic E-state index is 12.0. The highest BCUT2D eigenvalue weighted by Gasteiger charge is 2.22. The molecule has 3 N–H and O–H groups in total. The van der Waals surface area contributed by atoms with Crippen LogP contribution in [-0.4, -0.2) is 31.7 Å². The summed E-state index contributed by atoms with van der Waals surface area (Å²) in [6.45, 7) is 7.70. The topological polar surface area (TPSA) is 45.6 Å². The average molecular weight is 311 g/mol. The number of carbonyl (C=O) groups excluding carboxylic acids is 1. The van der Waals surface area contributed by atoms with Crippen LogP contribution in [0.5, 0.6) is 0 Å². The first-order valence-corrected chi connectivity index (χ1v) is 8.13. The van der Waals surface area contributed by atoms with E-state index >= 15 is 0 Å². The van der Waals surface area contributed by atoms with Crippen LogP contribution in [0.25, 0.3) is 0 Å². The first kappa shape index (κ1) is 16.1. The Labute approximate surface area is 131 Å². The van der Waals surface area contributed by atoms with Crippen molar-refractivity contribution in [1.29, 1.82) is 0 Å². The number of piperidine rings is 1. The Hall–Kier alpha value is -1.26.